The van der Waals surface area contributed by atoms with Crippen LogP contribution in [0.1, 0.15) is 26.3 Å². The summed E-state index contributed by atoms with van der Waals surface area (Å²) in [7, 11) is -2.49. The highest BCUT2D eigenvalue weighted by molar-refractivity contribution is 7.92. The van der Waals surface area contributed by atoms with Crippen LogP contribution in [-0.2, 0) is 26.6 Å². The van der Waals surface area contributed by atoms with E-state index in [-0.39, 0.29) is 20.6 Å². The molecule has 1 heterocycles. The van der Waals surface area contributed by atoms with Crippen LogP contribution in [-0.4, -0.2) is 31.1 Å². The molecule has 0 bridgehead atoms. The predicted octanol–water partition coefficient (Wildman–Crippen LogP) is 4.89. The third-order valence-electron chi connectivity index (χ3n) is 4.50. The second-order valence-corrected chi connectivity index (χ2v) is 10.9. The van der Waals surface area contributed by atoms with Gasteiger partial charge in [-0.05, 0) is 57.2 Å². The summed E-state index contributed by atoms with van der Waals surface area (Å²) >= 11 is 12.0. The lowest BCUT2D eigenvalue weighted by molar-refractivity contribution is -0.152. The number of hydrogen-bond donors (Lipinski definition) is 0. The largest absolute Gasteiger partial charge is 0.459 e. The van der Waals surface area contributed by atoms with Gasteiger partial charge in [0.15, 0.2) is 0 Å². The van der Waals surface area contributed by atoms with Crippen LogP contribution in [0.2, 0.25) is 10.0 Å². The van der Waals surface area contributed by atoms with Crippen molar-refractivity contribution >= 4 is 55.8 Å². The number of hydrogen-bond acceptors (Lipinski definition) is 5. The van der Waals surface area contributed by atoms with Crippen LogP contribution in [0, 0.1) is 11.3 Å². The van der Waals surface area contributed by atoms with Crippen molar-refractivity contribution in [3.05, 3.63) is 58.2 Å². The number of ether oxygens (including phenoxy) is 1. The van der Waals surface area contributed by atoms with E-state index in [1.54, 1.807) is 50.7 Å². The first kappa shape index (κ1) is 23.9. The molecule has 0 atom stereocenters. The van der Waals surface area contributed by atoms with Crippen LogP contribution >= 0.6 is 23.2 Å². The lowest BCUT2D eigenvalue weighted by Gasteiger charge is -2.26. The Labute approximate surface area is 196 Å². The van der Waals surface area contributed by atoms with Gasteiger partial charge in [-0.3, -0.25) is 9.10 Å². The number of fused-ring (bicyclic) bond motifs is 1. The Balaban J connectivity index is 2.16. The van der Waals surface area contributed by atoms with Crippen LogP contribution in [0.5, 0.6) is 0 Å². The summed E-state index contributed by atoms with van der Waals surface area (Å²) in [5.41, 5.74) is 0.519. The van der Waals surface area contributed by atoms with Crippen LogP contribution in [0.4, 0.5) is 5.69 Å². The molecule has 0 radical (unpaired) electrons. The predicted molar refractivity (Wildman–Crippen MR) is 124 cm³/mol. The molecular weight excluding hydrogens is 473 g/mol. The molecule has 0 N–H and O–H groups in total. The summed E-state index contributed by atoms with van der Waals surface area (Å²) in [6.45, 7) is 4.52. The Hall–Kier alpha value is -2.73. The molecule has 3 aromatic rings. The number of nitrogens with zero attached hydrogens (tertiary/aromatic N) is 3. The van der Waals surface area contributed by atoms with Crippen LogP contribution in [0.25, 0.3) is 10.9 Å². The summed E-state index contributed by atoms with van der Waals surface area (Å²) in [4.78, 5) is 12.4. The molecule has 0 aliphatic heterocycles. The average molecular weight is 494 g/mol. The Bertz CT molecular complexity index is 1330. The number of carbonyl (C=O) groups is 1. The molecule has 1 aromatic heterocycles. The standard InChI is InChI=1S/C22H21Cl2N3O4S/c1-22(2,3)31-21(28)13-27(32(29,30)18-8-15(23)7-16(24)9-18)17-5-6-19-14(11-25)12-26(4)20(19)10-17/h5-10,12H,13H2,1-4H3. The van der Waals surface area contributed by atoms with E-state index in [1.807, 2.05) is 0 Å². The first-order valence-electron chi connectivity index (χ1n) is 9.52. The summed E-state index contributed by atoms with van der Waals surface area (Å²) < 4.78 is 35.1. The molecule has 168 valence electrons. The fourth-order valence-electron chi connectivity index (χ4n) is 3.23. The highest BCUT2D eigenvalue weighted by Gasteiger charge is 2.30. The van der Waals surface area contributed by atoms with Crippen molar-refractivity contribution in [3.8, 4) is 6.07 Å². The van der Waals surface area contributed by atoms with Crippen molar-refractivity contribution in [3.63, 3.8) is 0 Å². The van der Waals surface area contributed by atoms with Gasteiger partial charge >= 0.3 is 5.97 Å². The van der Waals surface area contributed by atoms with Crippen LogP contribution in [0.15, 0.2) is 47.5 Å². The van der Waals surface area contributed by atoms with E-state index in [4.69, 9.17) is 27.9 Å². The second-order valence-electron chi connectivity index (χ2n) is 8.17. The number of esters is 1. The molecule has 0 unspecified atom stereocenters. The fourth-order valence-corrected chi connectivity index (χ4v) is 5.36. The number of aryl methyl sites for hydroxylation is 1. The molecule has 3 rings (SSSR count). The van der Waals surface area contributed by atoms with Crippen molar-refractivity contribution in [2.75, 3.05) is 10.8 Å². The van der Waals surface area contributed by atoms with Crippen molar-refractivity contribution in [2.24, 2.45) is 7.05 Å². The van der Waals surface area contributed by atoms with E-state index in [1.165, 1.54) is 24.3 Å². The van der Waals surface area contributed by atoms with Crippen LogP contribution in [0.3, 0.4) is 0 Å². The zero-order valence-electron chi connectivity index (χ0n) is 17.9. The smallest absolute Gasteiger partial charge is 0.327 e. The molecule has 0 saturated heterocycles. The molecule has 2 aromatic carbocycles. The lowest BCUT2D eigenvalue weighted by Crippen LogP contribution is -2.39. The van der Waals surface area contributed by atoms with Gasteiger partial charge in [0.2, 0.25) is 0 Å². The maximum Gasteiger partial charge on any atom is 0.327 e. The fraction of sp³-hybridized carbons (Fsp3) is 0.273. The molecule has 10 heteroatoms. The third-order valence-corrected chi connectivity index (χ3v) is 6.69. The maximum atomic E-state index is 13.6. The number of rotatable bonds is 5. The minimum Gasteiger partial charge on any atom is -0.459 e. The van der Waals surface area contributed by atoms with E-state index in [0.717, 1.165) is 4.31 Å². The minimum atomic E-state index is -4.24. The first-order chi connectivity index (χ1) is 14.8. The molecule has 0 aliphatic rings. The molecule has 0 fully saturated rings. The molecule has 7 nitrogen and oxygen atoms in total. The van der Waals surface area contributed by atoms with Crippen LogP contribution < -0.4 is 4.31 Å². The van der Waals surface area contributed by atoms with Gasteiger partial charge in [0.05, 0.1) is 21.7 Å². The highest BCUT2D eigenvalue weighted by Crippen LogP contribution is 2.31. The van der Waals surface area contributed by atoms with Gasteiger partial charge in [-0.15, -0.1) is 0 Å². The minimum absolute atomic E-state index is 0.143. The van der Waals surface area contributed by atoms with Gasteiger partial charge < -0.3 is 9.30 Å². The van der Waals surface area contributed by atoms with Crippen molar-refractivity contribution in [1.82, 2.24) is 4.57 Å². The monoisotopic (exact) mass is 493 g/mol. The number of nitriles is 1. The van der Waals surface area contributed by atoms with E-state index in [2.05, 4.69) is 6.07 Å². The van der Waals surface area contributed by atoms with Crippen molar-refractivity contribution in [2.45, 2.75) is 31.3 Å². The van der Waals surface area contributed by atoms with E-state index < -0.39 is 28.1 Å². The number of halogens is 2. The van der Waals surface area contributed by atoms with Gasteiger partial charge in [0, 0.05) is 28.7 Å². The summed E-state index contributed by atoms with van der Waals surface area (Å²) in [5, 5.41) is 10.3. The SMILES string of the molecule is Cn1cc(C#N)c2ccc(N(CC(=O)OC(C)(C)C)S(=O)(=O)c3cc(Cl)cc(Cl)c3)cc21. The Morgan fingerprint density at radius 2 is 1.78 bits per heavy atom. The third kappa shape index (κ3) is 5.01. The van der Waals surface area contributed by atoms with Crippen molar-refractivity contribution in [1.29, 1.82) is 5.26 Å². The van der Waals surface area contributed by atoms with Gasteiger partial charge in [0.1, 0.15) is 18.2 Å². The molecule has 32 heavy (non-hydrogen) atoms. The van der Waals surface area contributed by atoms with Gasteiger partial charge in [-0.25, -0.2) is 8.42 Å². The number of sulfonamides is 1. The Morgan fingerprint density at radius 3 is 2.34 bits per heavy atom. The molecule has 0 amide bonds. The van der Waals surface area contributed by atoms with Crippen molar-refractivity contribution < 1.29 is 17.9 Å². The quantitative estimate of drug-likeness (QED) is 0.471. The second kappa shape index (κ2) is 8.66. The number of aromatic nitrogens is 1. The summed E-state index contributed by atoms with van der Waals surface area (Å²) in [6, 6.07) is 10.8. The maximum absolute atomic E-state index is 13.6. The van der Waals surface area contributed by atoms with Gasteiger partial charge in [-0.1, -0.05) is 23.2 Å². The lowest BCUT2D eigenvalue weighted by atomic mass is 10.1. The summed E-state index contributed by atoms with van der Waals surface area (Å²) in [5.74, 6) is -0.723. The van der Waals surface area contributed by atoms with E-state index in [9.17, 15) is 18.5 Å². The normalized spacial score (nSPS) is 11.9. The number of benzene rings is 2. The zero-order chi connectivity index (χ0) is 23.8. The highest BCUT2D eigenvalue weighted by atomic mass is 35.5. The van der Waals surface area contributed by atoms with E-state index >= 15 is 0 Å². The molecular formula is C22H21Cl2N3O4S. The number of anilines is 1. The Kier molecular flexibility index (Phi) is 6.47. The molecule has 0 saturated carbocycles. The Morgan fingerprint density at radius 1 is 1.16 bits per heavy atom. The van der Waals surface area contributed by atoms with Gasteiger partial charge in [0.25, 0.3) is 10.0 Å². The van der Waals surface area contributed by atoms with Gasteiger partial charge in [-0.2, -0.15) is 5.26 Å². The topological polar surface area (TPSA) is 92.4 Å². The zero-order valence-corrected chi connectivity index (χ0v) is 20.2. The average Bonchev–Trinajstić information content (AvgIpc) is 2.99. The molecule has 0 spiro atoms. The number of carbonyl (C=O) groups excluding carboxylic acids is 1. The summed E-state index contributed by atoms with van der Waals surface area (Å²) in [6.07, 6.45) is 1.65. The molecule has 0 aliphatic carbocycles. The first-order valence-corrected chi connectivity index (χ1v) is 11.7. The van der Waals surface area contributed by atoms with E-state index in [0.29, 0.717) is 16.5 Å².